The Morgan fingerprint density at radius 3 is 2.80 bits per heavy atom. The van der Waals surface area contributed by atoms with Crippen LogP contribution < -0.4 is 10.6 Å². The Labute approximate surface area is 198 Å². The number of carbonyl (C=O) groups excluding carboxylic acids is 2. The van der Waals surface area contributed by atoms with Gasteiger partial charge in [-0.05, 0) is 12.1 Å². The zero-order valence-corrected chi connectivity index (χ0v) is 18.8. The zero-order chi connectivity index (χ0) is 25.3. The molecule has 3 heterocycles. The van der Waals surface area contributed by atoms with Gasteiger partial charge < -0.3 is 20.4 Å². The fourth-order valence-corrected chi connectivity index (χ4v) is 4.40. The van der Waals surface area contributed by atoms with Crippen molar-refractivity contribution < 1.29 is 27.2 Å². The molecule has 0 radical (unpaired) electrons. The molecule has 0 saturated carbocycles. The summed E-state index contributed by atoms with van der Waals surface area (Å²) in [5, 5.41) is 18.5. The van der Waals surface area contributed by atoms with E-state index >= 15 is 0 Å². The highest BCUT2D eigenvalue weighted by molar-refractivity contribution is 5.95. The average molecular weight is 493 g/mol. The summed E-state index contributed by atoms with van der Waals surface area (Å²) >= 11 is 0. The predicted octanol–water partition coefficient (Wildman–Crippen LogP) is 2.18. The van der Waals surface area contributed by atoms with Gasteiger partial charge in [0.15, 0.2) is 5.82 Å². The first-order valence-corrected chi connectivity index (χ1v) is 11.0. The van der Waals surface area contributed by atoms with Crippen LogP contribution in [0.4, 0.5) is 28.0 Å². The minimum atomic E-state index is -2.47. The monoisotopic (exact) mass is 493 g/mol. The van der Waals surface area contributed by atoms with Crippen LogP contribution in [0.25, 0.3) is 0 Å². The second-order valence-corrected chi connectivity index (χ2v) is 8.55. The Morgan fingerprint density at radius 1 is 1.31 bits per heavy atom. The van der Waals surface area contributed by atoms with Crippen molar-refractivity contribution in [1.29, 1.82) is 5.26 Å². The third-order valence-electron chi connectivity index (χ3n) is 6.08. The van der Waals surface area contributed by atoms with Crippen LogP contribution in [-0.2, 0) is 19.5 Å². The van der Waals surface area contributed by atoms with Crippen LogP contribution >= 0.6 is 0 Å². The van der Waals surface area contributed by atoms with Gasteiger partial charge in [0.25, 0.3) is 12.3 Å². The third kappa shape index (κ3) is 4.93. The molecule has 0 saturated heterocycles. The molecule has 2 aliphatic rings. The summed E-state index contributed by atoms with van der Waals surface area (Å²) in [4.78, 5) is 28.8. The fourth-order valence-electron chi connectivity index (χ4n) is 4.40. The number of aromatic nitrogens is 2. The number of rotatable bonds is 5. The lowest BCUT2D eigenvalue weighted by Gasteiger charge is -2.27. The molecule has 2 N–H and O–H groups in total. The van der Waals surface area contributed by atoms with Gasteiger partial charge in [-0.3, -0.25) is 9.48 Å². The number of carbonyl (C=O) groups is 2. The van der Waals surface area contributed by atoms with Crippen molar-refractivity contribution in [2.75, 3.05) is 38.5 Å². The van der Waals surface area contributed by atoms with Gasteiger partial charge in [0.05, 0.1) is 24.5 Å². The second kappa shape index (κ2) is 9.91. The summed E-state index contributed by atoms with van der Waals surface area (Å²) in [6, 6.07) is 2.68. The summed E-state index contributed by atoms with van der Waals surface area (Å²) in [5.74, 6) is -2.62. The molecule has 2 aromatic rings. The normalized spacial score (nSPS) is 17.6. The quantitative estimate of drug-likeness (QED) is 0.622. The van der Waals surface area contributed by atoms with E-state index in [9.17, 15) is 27.2 Å². The zero-order valence-electron chi connectivity index (χ0n) is 18.8. The molecule has 13 heteroatoms. The van der Waals surface area contributed by atoms with Gasteiger partial charge in [0, 0.05) is 51.1 Å². The van der Waals surface area contributed by atoms with Crippen molar-refractivity contribution >= 4 is 17.6 Å². The van der Waals surface area contributed by atoms with Gasteiger partial charge in [0.2, 0.25) is 0 Å². The SMILES string of the molecule is CN1C[C@H](CNCC(F)F)Cn2nc3c(c2C1=O)CN(C(=O)Nc1ccc(F)c(C#N)c1F)CC3. The van der Waals surface area contributed by atoms with Gasteiger partial charge in [-0.1, -0.05) is 0 Å². The highest BCUT2D eigenvalue weighted by Crippen LogP contribution is 2.27. The van der Waals surface area contributed by atoms with Crippen LogP contribution in [0, 0.1) is 28.9 Å². The molecule has 1 aromatic heterocycles. The highest BCUT2D eigenvalue weighted by Gasteiger charge is 2.35. The van der Waals surface area contributed by atoms with Crippen molar-refractivity contribution in [3.05, 3.63) is 46.3 Å². The molecule has 9 nitrogen and oxygen atoms in total. The van der Waals surface area contributed by atoms with E-state index < -0.39 is 36.2 Å². The van der Waals surface area contributed by atoms with Gasteiger partial charge >= 0.3 is 6.03 Å². The summed E-state index contributed by atoms with van der Waals surface area (Å²) in [5.41, 5.74) is 0.434. The maximum atomic E-state index is 14.4. The number of hydrogen-bond acceptors (Lipinski definition) is 5. The van der Waals surface area contributed by atoms with Gasteiger partial charge in [-0.25, -0.2) is 22.4 Å². The first kappa shape index (κ1) is 24.5. The molecule has 0 spiro atoms. The molecule has 35 heavy (non-hydrogen) atoms. The van der Waals surface area contributed by atoms with Gasteiger partial charge in [-0.15, -0.1) is 0 Å². The van der Waals surface area contributed by atoms with Crippen LogP contribution in [-0.4, -0.2) is 71.2 Å². The number of nitrogens with one attached hydrogen (secondary N) is 2. The maximum Gasteiger partial charge on any atom is 0.322 e. The first-order valence-electron chi connectivity index (χ1n) is 11.0. The number of hydrogen-bond donors (Lipinski definition) is 2. The number of anilines is 1. The van der Waals surface area contributed by atoms with Crippen LogP contribution in [0.3, 0.4) is 0 Å². The Kier molecular flexibility index (Phi) is 6.93. The molecular weight excluding hydrogens is 470 g/mol. The van der Waals surface area contributed by atoms with E-state index in [-0.39, 0.29) is 37.1 Å². The van der Waals surface area contributed by atoms with E-state index in [1.807, 2.05) is 0 Å². The summed E-state index contributed by atoms with van der Waals surface area (Å²) in [6.07, 6.45) is -2.12. The predicted molar refractivity (Wildman–Crippen MR) is 116 cm³/mol. The number of nitrogens with zero attached hydrogens (tertiary/aromatic N) is 5. The highest BCUT2D eigenvalue weighted by atomic mass is 19.3. The smallest absolute Gasteiger partial charge is 0.322 e. The van der Waals surface area contributed by atoms with Crippen LogP contribution in [0.1, 0.15) is 27.3 Å². The van der Waals surface area contributed by atoms with Crippen molar-refractivity contribution in [3.63, 3.8) is 0 Å². The van der Waals surface area contributed by atoms with E-state index in [2.05, 4.69) is 15.7 Å². The first-order chi connectivity index (χ1) is 16.7. The number of halogens is 4. The van der Waals surface area contributed by atoms with Crippen molar-refractivity contribution in [2.24, 2.45) is 5.92 Å². The molecule has 1 atom stereocenters. The molecule has 186 valence electrons. The number of benzene rings is 1. The molecule has 2 aliphatic heterocycles. The molecule has 4 rings (SSSR count). The average Bonchev–Trinajstić information content (AvgIpc) is 3.11. The van der Waals surface area contributed by atoms with Crippen LogP contribution in [0.5, 0.6) is 0 Å². The van der Waals surface area contributed by atoms with Crippen LogP contribution in [0.2, 0.25) is 0 Å². The molecule has 0 aliphatic carbocycles. The third-order valence-corrected chi connectivity index (χ3v) is 6.08. The van der Waals surface area contributed by atoms with Gasteiger partial charge in [-0.2, -0.15) is 10.4 Å². The van der Waals surface area contributed by atoms with Gasteiger partial charge in [0.1, 0.15) is 23.1 Å². The maximum absolute atomic E-state index is 14.4. The standard InChI is InChI=1S/C22H23F4N7O2/c1-31-9-12(7-28-8-18(24)25)10-33-20(21(31)34)14-11-32(5-4-16(14)30-33)22(35)29-17-3-2-15(23)13(6-27)19(17)26/h2-3,12,18,28H,4-5,7-11H2,1H3,(H,29,35)/t12-/m0/s1. The summed E-state index contributed by atoms with van der Waals surface area (Å²) < 4.78 is 54.5. The number of amides is 3. The molecule has 3 amide bonds. The van der Waals surface area contributed by atoms with Crippen LogP contribution in [0.15, 0.2) is 12.1 Å². The summed E-state index contributed by atoms with van der Waals surface area (Å²) in [7, 11) is 1.62. The van der Waals surface area contributed by atoms with Crippen molar-refractivity contribution in [3.8, 4) is 6.07 Å². The number of nitriles is 1. The number of urea groups is 1. The Bertz CT molecular complexity index is 1190. The molecule has 1 aromatic carbocycles. The molecule has 0 fully saturated rings. The Morgan fingerprint density at radius 2 is 2.09 bits per heavy atom. The number of alkyl halides is 2. The van der Waals surface area contributed by atoms with Crippen molar-refractivity contribution in [1.82, 2.24) is 24.9 Å². The molecule has 0 unspecified atom stereocenters. The van der Waals surface area contributed by atoms with E-state index in [0.717, 1.165) is 12.1 Å². The topological polar surface area (TPSA) is 106 Å². The second-order valence-electron chi connectivity index (χ2n) is 8.55. The Hall–Kier alpha value is -3.66. The molecular formula is C22H23F4N7O2. The lowest BCUT2D eigenvalue weighted by Crippen LogP contribution is -2.40. The fraction of sp³-hybridized carbons (Fsp3) is 0.455. The lowest BCUT2D eigenvalue weighted by molar-refractivity contribution is 0.0776. The van der Waals surface area contributed by atoms with E-state index in [0.29, 0.717) is 36.5 Å². The summed E-state index contributed by atoms with van der Waals surface area (Å²) in [6.45, 7) is 0.825. The van der Waals surface area contributed by atoms with E-state index in [4.69, 9.17) is 5.26 Å². The van der Waals surface area contributed by atoms with E-state index in [1.165, 1.54) is 15.9 Å². The largest absolute Gasteiger partial charge is 0.340 e. The Balaban J connectivity index is 1.52. The minimum absolute atomic E-state index is 0.0400. The van der Waals surface area contributed by atoms with E-state index in [1.54, 1.807) is 11.7 Å². The minimum Gasteiger partial charge on any atom is -0.340 e. The number of fused-ring (bicyclic) bond motifs is 3. The lowest BCUT2D eigenvalue weighted by atomic mass is 10.0. The van der Waals surface area contributed by atoms with Crippen molar-refractivity contribution in [2.45, 2.75) is 25.9 Å². The molecule has 0 bridgehead atoms.